The minimum Gasteiger partial charge on any atom is -0.459 e. The Hall–Kier alpha value is -2.07. The summed E-state index contributed by atoms with van der Waals surface area (Å²) in [5.41, 5.74) is 1.81. The molecule has 0 spiro atoms. The quantitative estimate of drug-likeness (QED) is 0.775. The van der Waals surface area contributed by atoms with Gasteiger partial charge in [-0.3, -0.25) is 0 Å². The molecule has 0 saturated carbocycles. The fourth-order valence-electron chi connectivity index (χ4n) is 2.07. The van der Waals surface area contributed by atoms with Crippen LogP contribution in [0, 0.1) is 6.92 Å². The van der Waals surface area contributed by atoms with Crippen LogP contribution in [0.15, 0.2) is 45.3 Å². The Balaban J connectivity index is 1.71. The number of nitrogens with zero attached hydrogens (tertiary/aromatic N) is 1. The van der Waals surface area contributed by atoms with Crippen LogP contribution >= 0.6 is 0 Å². The lowest BCUT2D eigenvalue weighted by Crippen LogP contribution is -2.17. The molecule has 0 aliphatic carbocycles. The molecule has 3 rings (SSSR count). The number of nitrogens with one attached hydrogen (secondary N) is 1. The van der Waals surface area contributed by atoms with E-state index in [1.807, 2.05) is 31.2 Å². The van der Waals surface area contributed by atoms with Crippen LogP contribution in [0.25, 0.3) is 11.0 Å². The van der Waals surface area contributed by atoms with E-state index >= 15 is 0 Å². The fraction of sp³-hybridized carbons (Fsp3) is 0.267. The lowest BCUT2D eigenvalue weighted by atomic mass is 10.2. The Morgan fingerprint density at radius 1 is 1.26 bits per heavy atom. The van der Waals surface area contributed by atoms with Crippen molar-refractivity contribution in [1.82, 2.24) is 10.5 Å². The number of hydrogen-bond acceptors (Lipinski definition) is 4. The molecule has 2 heterocycles. The third-order valence-electron chi connectivity index (χ3n) is 3.13. The maximum absolute atomic E-state index is 5.81. The summed E-state index contributed by atoms with van der Waals surface area (Å²) >= 11 is 0. The van der Waals surface area contributed by atoms with E-state index in [1.54, 1.807) is 0 Å². The first-order chi connectivity index (χ1) is 9.22. The minimum atomic E-state index is 0.123. The van der Waals surface area contributed by atoms with E-state index in [1.165, 1.54) is 0 Å². The highest BCUT2D eigenvalue weighted by atomic mass is 16.5. The summed E-state index contributed by atoms with van der Waals surface area (Å²) < 4.78 is 11.0. The molecule has 2 aromatic heterocycles. The second-order valence-corrected chi connectivity index (χ2v) is 4.72. The van der Waals surface area contributed by atoms with Crippen molar-refractivity contribution in [3.05, 3.63) is 53.6 Å². The van der Waals surface area contributed by atoms with Gasteiger partial charge >= 0.3 is 0 Å². The van der Waals surface area contributed by atoms with Gasteiger partial charge in [0.15, 0.2) is 5.76 Å². The third-order valence-corrected chi connectivity index (χ3v) is 3.13. The number of aryl methyl sites for hydroxylation is 1. The van der Waals surface area contributed by atoms with E-state index in [2.05, 4.69) is 29.5 Å². The van der Waals surface area contributed by atoms with Crippen LogP contribution in [-0.2, 0) is 6.54 Å². The molecule has 4 heteroatoms. The average Bonchev–Trinajstić information content (AvgIpc) is 3.01. The molecule has 0 bridgehead atoms. The zero-order valence-electron chi connectivity index (χ0n) is 11.0. The number of rotatable bonds is 4. The second-order valence-electron chi connectivity index (χ2n) is 4.72. The highest BCUT2D eigenvalue weighted by Gasteiger charge is 2.11. The van der Waals surface area contributed by atoms with Gasteiger partial charge in [0.1, 0.15) is 11.3 Å². The number of hydrogen-bond donors (Lipinski definition) is 1. The maximum atomic E-state index is 5.81. The molecule has 19 heavy (non-hydrogen) atoms. The van der Waals surface area contributed by atoms with Crippen molar-refractivity contribution in [3.63, 3.8) is 0 Å². The first-order valence-electron chi connectivity index (χ1n) is 6.36. The predicted octanol–water partition coefficient (Wildman–Crippen LogP) is 3.58. The Labute approximate surface area is 111 Å². The van der Waals surface area contributed by atoms with Crippen molar-refractivity contribution in [2.24, 2.45) is 0 Å². The number of para-hydroxylation sites is 1. The van der Waals surface area contributed by atoms with E-state index in [0.717, 1.165) is 28.2 Å². The topological polar surface area (TPSA) is 51.2 Å². The van der Waals surface area contributed by atoms with Crippen molar-refractivity contribution >= 4 is 11.0 Å². The number of benzene rings is 1. The summed E-state index contributed by atoms with van der Waals surface area (Å²) in [4.78, 5) is 0. The molecule has 0 aliphatic heterocycles. The van der Waals surface area contributed by atoms with Gasteiger partial charge in [-0.1, -0.05) is 23.4 Å². The summed E-state index contributed by atoms with van der Waals surface area (Å²) in [5.74, 6) is 1.76. The molecular weight excluding hydrogens is 240 g/mol. The molecule has 1 unspecified atom stereocenters. The van der Waals surface area contributed by atoms with Crippen LogP contribution in [0.4, 0.5) is 0 Å². The Morgan fingerprint density at radius 2 is 2.11 bits per heavy atom. The van der Waals surface area contributed by atoms with Crippen LogP contribution < -0.4 is 5.32 Å². The van der Waals surface area contributed by atoms with Gasteiger partial charge in [-0.15, -0.1) is 0 Å². The number of aromatic nitrogens is 1. The van der Waals surface area contributed by atoms with E-state index in [0.29, 0.717) is 6.54 Å². The molecule has 0 amide bonds. The summed E-state index contributed by atoms with van der Waals surface area (Å²) in [5, 5.41) is 8.35. The van der Waals surface area contributed by atoms with Crippen LogP contribution in [0.5, 0.6) is 0 Å². The van der Waals surface area contributed by atoms with E-state index in [4.69, 9.17) is 8.94 Å². The van der Waals surface area contributed by atoms with Crippen molar-refractivity contribution in [2.45, 2.75) is 26.4 Å². The summed E-state index contributed by atoms with van der Waals surface area (Å²) in [7, 11) is 0. The highest BCUT2D eigenvalue weighted by molar-refractivity contribution is 5.77. The second kappa shape index (κ2) is 4.90. The molecule has 0 saturated heterocycles. The first kappa shape index (κ1) is 12.0. The van der Waals surface area contributed by atoms with Crippen LogP contribution in [0.3, 0.4) is 0 Å². The van der Waals surface area contributed by atoms with Crippen LogP contribution in [0.1, 0.15) is 30.2 Å². The van der Waals surface area contributed by atoms with Crippen molar-refractivity contribution < 1.29 is 8.94 Å². The van der Waals surface area contributed by atoms with E-state index in [-0.39, 0.29) is 6.04 Å². The molecule has 1 atom stereocenters. The van der Waals surface area contributed by atoms with Gasteiger partial charge in [0, 0.05) is 11.5 Å². The number of furan rings is 1. The smallest absolute Gasteiger partial charge is 0.150 e. The molecular formula is C15H16N2O2. The van der Waals surface area contributed by atoms with E-state index < -0.39 is 0 Å². The maximum Gasteiger partial charge on any atom is 0.150 e. The SMILES string of the molecule is Cc1cc(CNC(C)c2cc3ccccc3o2)on1. The zero-order valence-corrected chi connectivity index (χ0v) is 11.0. The standard InChI is InChI=1S/C15H16N2O2/c1-10-7-13(19-17-10)9-16-11(2)15-8-12-5-3-4-6-14(12)18-15/h3-8,11,16H,9H2,1-2H3. The van der Waals surface area contributed by atoms with Gasteiger partial charge in [0.05, 0.1) is 18.3 Å². The monoisotopic (exact) mass is 256 g/mol. The van der Waals surface area contributed by atoms with Gasteiger partial charge < -0.3 is 14.3 Å². The third kappa shape index (κ3) is 2.53. The Morgan fingerprint density at radius 3 is 2.84 bits per heavy atom. The lowest BCUT2D eigenvalue weighted by Gasteiger charge is -2.08. The van der Waals surface area contributed by atoms with Crippen molar-refractivity contribution in [3.8, 4) is 0 Å². The molecule has 0 fully saturated rings. The van der Waals surface area contributed by atoms with Crippen molar-refractivity contribution in [2.75, 3.05) is 0 Å². The molecule has 0 aliphatic rings. The zero-order chi connectivity index (χ0) is 13.2. The largest absolute Gasteiger partial charge is 0.459 e. The summed E-state index contributed by atoms with van der Waals surface area (Å²) in [6.45, 7) is 4.62. The molecule has 3 aromatic rings. The first-order valence-corrected chi connectivity index (χ1v) is 6.36. The molecule has 4 nitrogen and oxygen atoms in total. The normalized spacial score (nSPS) is 12.9. The predicted molar refractivity (Wildman–Crippen MR) is 72.7 cm³/mol. The van der Waals surface area contributed by atoms with Gasteiger partial charge in [0.25, 0.3) is 0 Å². The summed E-state index contributed by atoms with van der Waals surface area (Å²) in [6.07, 6.45) is 0. The molecule has 98 valence electrons. The summed E-state index contributed by atoms with van der Waals surface area (Å²) in [6, 6.07) is 12.1. The minimum absolute atomic E-state index is 0.123. The van der Waals surface area contributed by atoms with Gasteiger partial charge in [-0.05, 0) is 26.0 Å². The lowest BCUT2D eigenvalue weighted by molar-refractivity contribution is 0.355. The highest BCUT2D eigenvalue weighted by Crippen LogP contribution is 2.23. The van der Waals surface area contributed by atoms with Gasteiger partial charge in [0.2, 0.25) is 0 Å². The Kier molecular flexibility index (Phi) is 3.09. The van der Waals surface area contributed by atoms with E-state index in [9.17, 15) is 0 Å². The van der Waals surface area contributed by atoms with Crippen molar-refractivity contribution in [1.29, 1.82) is 0 Å². The van der Waals surface area contributed by atoms with Crippen LogP contribution in [-0.4, -0.2) is 5.16 Å². The van der Waals surface area contributed by atoms with Crippen LogP contribution in [0.2, 0.25) is 0 Å². The van der Waals surface area contributed by atoms with Gasteiger partial charge in [-0.25, -0.2) is 0 Å². The van der Waals surface area contributed by atoms with Gasteiger partial charge in [-0.2, -0.15) is 0 Å². The fourth-order valence-corrected chi connectivity index (χ4v) is 2.07. The molecule has 1 N–H and O–H groups in total. The average molecular weight is 256 g/mol. The Bertz CT molecular complexity index is 651. The molecule has 0 radical (unpaired) electrons. The number of fused-ring (bicyclic) bond motifs is 1. The molecule has 1 aromatic carbocycles.